The highest BCUT2D eigenvalue weighted by Gasteiger charge is 2.49. The molecule has 0 saturated carbocycles. The summed E-state index contributed by atoms with van der Waals surface area (Å²) in [5.74, 6) is -1.79. The number of aryl methyl sites for hydroxylation is 1. The Balaban J connectivity index is 1.50. The number of amides is 4. The number of nitrogens with zero attached hydrogens (tertiary/aromatic N) is 3. The van der Waals surface area contributed by atoms with Crippen LogP contribution >= 0.6 is 11.3 Å². The van der Waals surface area contributed by atoms with Crippen LogP contribution in [0, 0.1) is 12.8 Å². The molecule has 4 amide bonds. The summed E-state index contributed by atoms with van der Waals surface area (Å²) in [4.78, 5) is 56.3. The summed E-state index contributed by atoms with van der Waals surface area (Å²) in [5, 5.41) is 12.4. The molecule has 36 heavy (non-hydrogen) atoms. The van der Waals surface area contributed by atoms with Crippen molar-refractivity contribution in [2.45, 2.75) is 45.7 Å². The summed E-state index contributed by atoms with van der Waals surface area (Å²) in [6.07, 6.45) is 1.29. The third kappa shape index (κ3) is 4.60. The fourth-order valence-corrected chi connectivity index (χ4v) is 5.71. The number of nitrogens with one attached hydrogen (secondary N) is 3. The van der Waals surface area contributed by atoms with Gasteiger partial charge < -0.3 is 16.0 Å². The van der Waals surface area contributed by atoms with Gasteiger partial charge in [0, 0.05) is 33.2 Å². The number of carbonyl (C=O) groups is 4. The van der Waals surface area contributed by atoms with Crippen LogP contribution < -0.4 is 16.0 Å². The van der Waals surface area contributed by atoms with Gasteiger partial charge in [-0.25, -0.2) is 9.99 Å². The van der Waals surface area contributed by atoms with Crippen LogP contribution in [0.2, 0.25) is 0 Å². The Kier molecular flexibility index (Phi) is 7.41. The van der Waals surface area contributed by atoms with Crippen LogP contribution in [0.15, 0.2) is 24.3 Å². The predicted octanol–water partition coefficient (Wildman–Crippen LogP) is 1.56. The zero-order valence-corrected chi connectivity index (χ0v) is 21.8. The zero-order valence-electron chi connectivity index (χ0n) is 21.0. The lowest BCUT2D eigenvalue weighted by atomic mass is 9.82. The number of fused-ring (bicyclic) bond motifs is 2. The fourth-order valence-electron chi connectivity index (χ4n) is 4.78. The number of carbonyl (C=O) groups excluding carboxylic acids is 4. The van der Waals surface area contributed by atoms with Gasteiger partial charge in [0.05, 0.1) is 11.6 Å². The molecular formula is C25H32N6O4S. The monoisotopic (exact) mass is 512 g/mol. The lowest BCUT2D eigenvalue weighted by Gasteiger charge is -2.37. The highest BCUT2D eigenvalue weighted by molar-refractivity contribution is 7.15. The first-order valence-corrected chi connectivity index (χ1v) is 13.0. The maximum Gasteiger partial charge on any atom is 0.280 e. The third-order valence-corrected chi connectivity index (χ3v) is 8.02. The standard InChI is InChI=1S/C25H32N6O4S/c1-5-25(18-10-7-6-9-17(18)14-30-11-8-12-31(30)24(25)35)29-20(32)15(2)13-27-21(33)19-16(3)28-23(36-19)22(34)26-4/h6-7,9-10,15H,5,8,11-14H2,1-4H3,(H,26,34)(H,27,33)(H,29,32)/t15-,25+/m1/s1. The third-order valence-electron chi connectivity index (χ3n) is 6.86. The van der Waals surface area contributed by atoms with E-state index in [2.05, 4.69) is 25.9 Å². The largest absolute Gasteiger partial charge is 0.353 e. The smallest absolute Gasteiger partial charge is 0.280 e. The van der Waals surface area contributed by atoms with Gasteiger partial charge in [-0.1, -0.05) is 38.1 Å². The van der Waals surface area contributed by atoms with Gasteiger partial charge in [0.2, 0.25) is 5.91 Å². The highest BCUT2D eigenvalue weighted by atomic mass is 32.1. The van der Waals surface area contributed by atoms with Crippen LogP contribution in [0.1, 0.15) is 63.0 Å². The van der Waals surface area contributed by atoms with Gasteiger partial charge in [0.1, 0.15) is 10.4 Å². The predicted molar refractivity (Wildman–Crippen MR) is 135 cm³/mol. The first-order chi connectivity index (χ1) is 17.2. The van der Waals surface area contributed by atoms with E-state index < -0.39 is 17.4 Å². The average molecular weight is 513 g/mol. The molecule has 2 aliphatic heterocycles. The number of hydrazine groups is 1. The average Bonchev–Trinajstić information content (AvgIpc) is 3.49. The van der Waals surface area contributed by atoms with Gasteiger partial charge in [-0.3, -0.25) is 24.2 Å². The van der Waals surface area contributed by atoms with Crippen LogP contribution in [-0.4, -0.2) is 65.3 Å². The number of hydrogen-bond acceptors (Lipinski definition) is 7. The van der Waals surface area contributed by atoms with Gasteiger partial charge in [0.25, 0.3) is 17.7 Å². The quantitative estimate of drug-likeness (QED) is 0.517. The van der Waals surface area contributed by atoms with Crippen LogP contribution in [-0.2, 0) is 21.7 Å². The SMILES string of the molecule is CC[C@@]1(NC(=O)[C@H](C)CNC(=O)c2sc(C(=O)NC)nc2C)C(=O)N2CCCN2Cc2ccccc21. The summed E-state index contributed by atoms with van der Waals surface area (Å²) >= 11 is 1.00. The Morgan fingerprint density at radius 2 is 1.94 bits per heavy atom. The summed E-state index contributed by atoms with van der Waals surface area (Å²) in [7, 11) is 1.50. The van der Waals surface area contributed by atoms with E-state index in [4.69, 9.17) is 0 Å². The Morgan fingerprint density at radius 1 is 1.19 bits per heavy atom. The molecule has 3 N–H and O–H groups in total. The lowest BCUT2D eigenvalue weighted by Crippen LogP contribution is -2.59. The van der Waals surface area contributed by atoms with Crippen molar-refractivity contribution in [3.8, 4) is 0 Å². The van der Waals surface area contributed by atoms with Crippen molar-refractivity contribution in [1.29, 1.82) is 0 Å². The Bertz CT molecular complexity index is 1200. The topological polar surface area (TPSA) is 124 Å². The van der Waals surface area contributed by atoms with Gasteiger partial charge in [-0.05, 0) is 30.9 Å². The number of aromatic nitrogens is 1. The summed E-state index contributed by atoms with van der Waals surface area (Å²) in [6, 6.07) is 7.77. The summed E-state index contributed by atoms with van der Waals surface area (Å²) < 4.78 is 0. The number of thiazole rings is 1. The molecule has 10 nitrogen and oxygen atoms in total. The molecule has 0 unspecified atom stereocenters. The molecule has 0 spiro atoms. The van der Waals surface area contributed by atoms with Crippen molar-refractivity contribution < 1.29 is 19.2 Å². The molecule has 1 fully saturated rings. The normalized spacial score (nSPS) is 20.2. The molecule has 11 heteroatoms. The highest BCUT2D eigenvalue weighted by Crippen LogP contribution is 2.36. The van der Waals surface area contributed by atoms with E-state index in [0.717, 1.165) is 35.4 Å². The van der Waals surface area contributed by atoms with Crippen molar-refractivity contribution >= 4 is 35.0 Å². The van der Waals surface area contributed by atoms with Gasteiger partial charge >= 0.3 is 0 Å². The Hall–Kier alpha value is -3.31. The maximum atomic E-state index is 13.8. The van der Waals surface area contributed by atoms with Crippen molar-refractivity contribution in [3.05, 3.63) is 51.0 Å². The van der Waals surface area contributed by atoms with E-state index in [-0.39, 0.29) is 29.3 Å². The number of benzene rings is 1. The molecule has 3 heterocycles. The van der Waals surface area contributed by atoms with Crippen molar-refractivity contribution in [2.24, 2.45) is 5.92 Å². The fraction of sp³-hybridized carbons (Fsp3) is 0.480. The van der Waals surface area contributed by atoms with Gasteiger partial charge in [0.15, 0.2) is 5.01 Å². The van der Waals surface area contributed by atoms with Crippen molar-refractivity contribution in [1.82, 2.24) is 31.0 Å². The minimum atomic E-state index is -1.18. The van der Waals surface area contributed by atoms with Crippen molar-refractivity contribution in [3.63, 3.8) is 0 Å². The minimum absolute atomic E-state index is 0.0722. The molecule has 0 bridgehead atoms. The van der Waals surface area contributed by atoms with Crippen molar-refractivity contribution in [2.75, 3.05) is 26.7 Å². The molecule has 2 aromatic rings. The van der Waals surface area contributed by atoms with Gasteiger partial charge in [-0.15, -0.1) is 11.3 Å². The number of hydrogen-bond donors (Lipinski definition) is 3. The molecule has 2 atom stereocenters. The molecule has 1 saturated heterocycles. The lowest BCUT2D eigenvalue weighted by molar-refractivity contribution is -0.154. The molecule has 192 valence electrons. The Morgan fingerprint density at radius 3 is 2.67 bits per heavy atom. The second-order valence-corrected chi connectivity index (χ2v) is 10.2. The molecule has 2 aliphatic rings. The van der Waals surface area contributed by atoms with E-state index in [9.17, 15) is 19.2 Å². The Labute approximate surface area is 214 Å². The molecule has 1 aromatic carbocycles. The zero-order chi connectivity index (χ0) is 26.0. The van der Waals surface area contributed by atoms with E-state index in [0.29, 0.717) is 30.1 Å². The van der Waals surface area contributed by atoms with Crippen LogP contribution in [0.5, 0.6) is 0 Å². The summed E-state index contributed by atoms with van der Waals surface area (Å²) in [6.45, 7) is 7.40. The maximum absolute atomic E-state index is 13.8. The van der Waals surface area contributed by atoms with E-state index in [1.54, 1.807) is 18.9 Å². The van der Waals surface area contributed by atoms with Crippen LogP contribution in [0.4, 0.5) is 0 Å². The molecule has 1 aromatic heterocycles. The molecular weight excluding hydrogens is 480 g/mol. The summed E-state index contributed by atoms with van der Waals surface area (Å²) in [5.41, 5.74) is 1.11. The van der Waals surface area contributed by atoms with E-state index >= 15 is 0 Å². The van der Waals surface area contributed by atoms with E-state index in [1.165, 1.54) is 7.05 Å². The second-order valence-electron chi connectivity index (χ2n) is 9.20. The number of rotatable bonds is 7. The first-order valence-electron chi connectivity index (χ1n) is 12.2. The second kappa shape index (κ2) is 10.4. The minimum Gasteiger partial charge on any atom is -0.353 e. The first kappa shape index (κ1) is 25.8. The van der Waals surface area contributed by atoms with E-state index in [1.807, 2.05) is 31.2 Å². The van der Waals surface area contributed by atoms with Crippen LogP contribution in [0.3, 0.4) is 0 Å². The molecule has 0 aliphatic carbocycles. The van der Waals surface area contributed by atoms with Crippen LogP contribution in [0.25, 0.3) is 0 Å². The molecule has 4 rings (SSSR count). The van der Waals surface area contributed by atoms with Gasteiger partial charge in [-0.2, -0.15) is 0 Å². The molecule has 0 radical (unpaired) electrons.